The molecule has 0 saturated heterocycles. The number of hydrogen-bond acceptors (Lipinski definition) is 3. The van der Waals surface area contributed by atoms with Crippen LogP contribution in [0, 0.1) is 11.6 Å². The molecule has 1 heterocycles. The van der Waals surface area contributed by atoms with E-state index in [4.69, 9.17) is 4.84 Å². The lowest BCUT2D eigenvalue weighted by Gasteiger charge is -2.09. The molecule has 0 bridgehead atoms. The van der Waals surface area contributed by atoms with E-state index < -0.39 is 17.8 Å². The summed E-state index contributed by atoms with van der Waals surface area (Å²) in [6, 6.07) is 11.5. The first-order valence-electron chi connectivity index (χ1n) is 6.67. The largest absolute Gasteiger partial charge is 0.382 e. The molecule has 0 saturated carbocycles. The minimum absolute atomic E-state index is 0.227. The summed E-state index contributed by atoms with van der Waals surface area (Å²) in [7, 11) is 0. The normalized spacial score (nSPS) is 16.8. The summed E-state index contributed by atoms with van der Waals surface area (Å²) in [6.07, 6.45) is -0.591. The summed E-state index contributed by atoms with van der Waals surface area (Å²) in [6.45, 7) is 0. The van der Waals surface area contributed by atoms with E-state index in [1.165, 1.54) is 30.3 Å². The second kappa shape index (κ2) is 5.93. The van der Waals surface area contributed by atoms with E-state index in [0.717, 1.165) is 0 Å². The number of rotatable bonds is 3. The highest BCUT2D eigenvalue weighted by atomic mass is 19.1. The average molecular weight is 302 g/mol. The van der Waals surface area contributed by atoms with Crippen molar-refractivity contribution >= 4 is 17.3 Å². The molecule has 0 aliphatic carbocycles. The molecular formula is C16H12F2N2O2. The van der Waals surface area contributed by atoms with Gasteiger partial charge in [0.1, 0.15) is 11.6 Å². The van der Waals surface area contributed by atoms with Gasteiger partial charge in [-0.3, -0.25) is 4.79 Å². The summed E-state index contributed by atoms with van der Waals surface area (Å²) >= 11 is 0. The second-order valence-electron chi connectivity index (χ2n) is 4.85. The molecule has 112 valence electrons. The van der Waals surface area contributed by atoms with Crippen LogP contribution < -0.4 is 5.32 Å². The number of nitrogens with one attached hydrogen (secondary N) is 1. The van der Waals surface area contributed by atoms with Crippen LogP contribution in [0.4, 0.5) is 14.5 Å². The molecule has 2 aromatic carbocycles. The molecule has 1 N–H and O–H groups in total. The highest BCUT2D eigenvalue weighted by molar-refractivity contribution is 6.06. The number of hydrogen-bond donors (Lipinski definition) is 1. The van der Waals surface area contributed by atoms with Gasteiger partial charge >= 0.3 is 0 Å². The van der Waals surface area contributed by atoms with Gasteiger partial charge in [0.15, 0.2) is 0 Å². The Labute approximate surface area is 125 Å². The van der Waals surface area contributed by atoms with Gasteiger partial charge in [0.2, 0.25) is 6.10 Å². The number of carbonyl (C=O) groups is 1. The van der Waals surface area contributed by atoms with Gasteiger partial charge in [-0.1, -0.05) is 23.4 Å². The van der Waals surface area contributed by atoms with Gasteiger partial charge in [-0.15, -0.1) is 0 Å². The van der Waals surface area contributed by atoms with Crippen molar-refractivity contribution in [3.8, 4) is 0 Å². The topological polar surface area (TPSA) is 50.7 Å². The predicted molar refractivity (Wildman–Crippen MR) is 77.5 cm³/mol. The number of halogens is 2. The lowest BCUT2D eigenvalue weighted by atomic mass is 10.0. The third kappa shape index (κ3) is 3.11. The number of carbonyl (C=O) groups excluding carboxylic acids is 1. The minimum Gasteiger partial charge on any atom is -0.382 e. The molecule has 0 fully saturated rings. The van der Waals surface area contributed by atoms with Gasteiger partial charge in [-0.25, -0.2) is 8.78 Å². The molecule has 0 spiro atoms. The number of nitrogens with zero attached hydrogens (tertiary/aromatic N) is 1. The Morgan fingerprint density at radius 3 is 2.59 bits per heavy atom. The van der Waals surface area contributed by atoms with Gasteiger partial charge in [0.25, 0.3) is 5.91 Å². The third-order valence-corrected chi connectivity index (χ3v) is 3.21. The Morgan fingerprint density at radius 1 is 1.14 bits per heavy atom. The zero-order valence-electron chi connectivity index (χ0n) is 11.4. The van der Waals surface area contributed by atoms with Crippen LogP contribution in [0.15, 0.2) is 53.7 Å². The van der Waals surface area contributed by atoms with Crippen molar-refractivity contribution < 1.29 is 18.4 Å². The van der Waals surface area contributed by atoms with Gasteiger partial charge in [0, 0.05) is 17.7 Å². The van der Waals surface area contributed by atoms with Crippen molar-refractivity contribution in [1.82, 2.24) is 0 Å². The van der Waals surface area contributed by atoms with E-state index in [-0.39, 0.29) is 12.2 Å². The number of anilines is 1. The highest BCUT2D eigenvalue weighted by Gasteiger charge is 2.29. The SMILES string of the molecule is O=C(Nc1cccc(F)c1)C1CC(c2cccc(F)c2)=NO1. The van der Waals surface area contributed by atoms with Crippen LogP contribution in [-0.2, 0) is 9.63 Å². The fourth-order valence-electron chi connectivity index (χ4n) is 2.15. The molecule has 2 aromatic rings. The molecule has 1 unspecified atom stereocenters. The van der Waals surface area contributed by atoms with Crippen molar-refractivity contribution in [2.75, 3.05) is 5.32 Å². The van der Waals surface area contributed by atoms with E-state index in [1.807, 2.05) is 0 Å². The van der Waals surface area contributed by atoms with Crippen LogP contribution in [0.3, 0.4) is 0 Å². The number of amides is 1. The maximum atomic E-state index is 13.2. The molecule has 1 amide bonds. The maximum absolute atomic E-state index is 13.2. The number of benzene rings is 2. The van der Waals surface area contributed by atoms with Crippen LogP contribution in [0.25, 0.3) is 0 Å². The zero-order valence-corrected chi connectivity index (χ0v) is 11.4. The molecule has 0 radical (unpaired) electrons. The Kier molecular flexibility index (Phi) is 3.82. The quantitative estimate of drug-likeness (QED) is 0.947. The standard InChI is InChI=1S/C16H12F2N2O2/c17-11-4-1-3-10(7-11)14-9-15(22-20-14)16(21)19-13-6-2-5-12(18)8-13/h1-8,15H,9H2,(H,19,21). The van der Waals surface area contributed by atoms with Crippen molar-refractivity contribution in [1.29, 1.82) is 0 Å². The molecule has 6 heteroatoms. The van der Waals surface area contributed by atoms with E-state index in [1.54, 1.807) is 18.2 Å². The van der Waals surface area contributed by atoms with E-state index in [0.29, 0.717) is 17.0 Å². The molecule has 3 rings (SSSR count). The monoisotopic (exact) mass is 302 g/mol. The molecule has 1 atom stereocenters. The third-order valence-electron chi connectivity index (χ3n) is 3.21. The summed E-state index contributed by atoms with van der Waals surface area (Å²) in [4.78, 5) is 17.1. The van der Waals surface area contributed by atoms with E-state index in [9.17, 15) is 13.6 Å². The fraction of sp³-hybridized carbons (Fsp3) is 0.125. The smallest absolute Gasteiger partial charge is 0.268 e. The summed E-state index contributed by atoms with van der Waals surface area (Å²) in [5.41, 5.74) is 1.41. The van der Waals surface area contributed by atoms with Crippen LogP contribution in [-0.4, -0.2) is 17.7 Å². The van der Waals surface area contributed by atoms with Crippen molar-refractivity contribution in [3.63, 3.8) is 0 Å². The predicted octanol–water partition coefficient (Wildman–Crippen LogP) is 3.10. The zero-order chi connectivity index (χ0) is 15.5. The number of oxime groups is 1. The summed E-state index contributed by atoms with van der Waals surface area (Å²) < 4.78 is 26.3. The van der Waals surface area contributed by atoms with Crippen molar-refractivity contribution in [3.05, 3.63) is 65.7 Å². The lowest BCUT2D eigenvalue weighted by Crippen LogP contribution is -2.28. The van der Waals surface area contributed by atoms with Gasteiger partial charge in [-0.05, 0) is 30.3 Å². The fourth-order valence-corrected chi connectivity index (χ4v) is 2.15. The molecule has 22 heavy (non-hydrogen) atoms. The Morgan fingerprint density at radius 2 is 1.86 bits per heavy atom. The van der Waals surface area contributed by atoms with Crippen LogP contribution >= 0.6 is 0 Å². The van der Waals surface area contributed by atoms with Crippen LogP contribution in [0.5, 0.6) is 0 Å². The Hall–Kier alpha value is -2.76. The highest BCUT2D eigenvalue weighted by Crippen LogP contribution is 2.19. The van der Waals surface area contributed by atoms with E-state index >= 15 is 0 Å². The molecule has 1 aliphatic heterocycles. The molecule has 4 nitrogen and oxygen atoms in total. The molecule has 1 aliphatic rings. The minimum atomic E-state index is -0.818. The maximum Gasteiger partial charge on any atom is 0.268 e. The van der Waals surface area contributed by atoms with Gasteiger partial charge in [-0.2, -0.15) is 0 Å². The van der Waals surface area contributed by atoms with Crippen LogP contribution in [0.2, 0.25) is 0 Å². The first-order valence-corrected chi connectivity index (χ1v) is 6.67. The lowest BCUT2D eigenvalue weighted by molar-refractivity contribution is -0.125. The van der Waals surface area contributed by atoms with E-state index in [2.05, 4.69) is 10.5 Å². The summed E-state index contributed by atoms with van der Waals surface area (Å²) in [5.74, 6) is -1.25. The second-order valence-corrected chi connectivity index (χ2v) is 4.85. The first-order chi connectivity index (χ1) is 10.6. The Bertz CT molecular complexity index is 746. The molecular weight excluding hydrogens is 290 g/mol. The molecule has 0 aromatic heterocycles. The van der Waals surface area contributed by atoms with Crippen molar-refractivity contribution in [2.24, 2.45) is 5.16 Å². The van der Waals surface area contributed by atoms with Gasteiger partial charge < -0.3 is 10.2 Å². The average Bonchev–Trinajstić information content (AvgIpc) is 2.97. The van der Waals surface area contributed by atoms with Crippen molar-refractivity contribution in [2.45, 2.75) is 12.5 Å². The first kappa shape index (κ1) is 14.2. The van der Waals surface area contributed by atoms with Gasteiger partial charge in [0.05, 0.1) is 5.71 Å². The van der Waals surface area contributed by atoms with Crippen LogP contribution in [0.1, 0.15) is 12.0 Å². The Balaban J connectivity index is 1.65. The summed E-state index contributed by atoms with van der Waals surface area (Å²) in [5, 5.41) is 6.38.